The van der Waals surface area contributed by atoms with E-state index in [1.54, 1.807) is 0 Å². The molecule has 1 aliphatic rings. The minimum Gasteiger partial charge on any atom is -0.357 e. The Bertz CT molecular complexity index is 662. The van der Waals surface area contributed by atoms with Crippen molar-refractivity contribution in [3.05, 3.63) is 48.3 Å². The Labute approximate surface area is 173 Å². The minimum absolute atomic E-state index is 0. The molecule has 0 amide bonds. The monoisotopic (exact) mass is 467 g/mol. The maximum atomic E-state index is 4.74. The second-order valence-electron chi connectivity index (χ2n) is 6.62. The Morgan fingerprint density at radius 1 is 1.19 bits per heavy atom. The van der Waals surface area contributed by atoms with Gasteiger partial charge in [-0.25, -0.2) is 4.68 Å². The minimum atomic E-state index is 0. The summed E-state index contributed by atoms with van der Waals surface area (Å²) in [7, 11) is 0. The van der Waals surface area contributed by atoms with Crippen molar-refractivity contribution in [3.8, 4) is 5.69 Å². The molecule has 26 heavy (non-hydrogen) atoms. The van der Waals surface area contributed by atoms with Gasteiger partial charge < -0.3 is 10.6 Å². The Kier molecular flexibility index (Phi) is 8.94. The molecule has 0 radical (unpaired) electrons. The van der Waals surface area contributed by atoms with Crippen LogP contribution in [0, 0.1) is 0 Å². The summed E-state index contributed by atoms with van der Waals surface area (Å²) in [6.45, 7) is 3.77. The van der Waals surface area contributed by atoms with Crippen LogP contribution in [-0.4, -0.2) is 34.9 Å². The zero-order valence-corrected chi connectivity index (χ0v) is 17.9. The molecule has 0 spiro atoms. The van der Waals surface area contributed by atoms with Gasteiger partial charge in [-0.15, -0.1) is 24.0 Å². The second kappa shape index (κ2) is 11.2. The third-order valence-corrected chi connectivity index (χ3v) is 4.62. The molecule has 0 bridgehead atoms. The Balaban J connectivity index is 0.00000243. The van der Waals surface area contributed by atoms with Crippen LogP contribution < -0.4 is 10.6 Å². The van der Waals surface area contributed by atoms with Crippen molar-refractivity contribution in [2.45, 2.75) is 51.5 Å². The molecule has 1 aliphatic carbocycles. The molecule has 2 N–H and O–H groups in total. The summed E-state index contributed by atoms with van der Waals surface area (Å²) in [5.74, 6) is 0.949. The van der Waals surface area contributed by atoms with Crippen LogP contribution >= 0.6 is 24.0 Å². The lowest BCUT2D eigenvalue weighted by Gasteiger charge is -2.24. The van der Waals surface area contributed by atoms with Crippen LogP contribution in [0.5, 0.6) is 0 Å². The average Bonchev–Trinajstić information content (AvgIpc) is 3.12. The van der Waals surface area contributed by atoms with Crippen LogP contribution in [0.2, 0.25) is 0 Å². The highest BCUT2D eigenvalue weighted by Crippen LogP contribution is 2.17. The number of nitrogens with zero attached hydrogens (tertiary/aromatic N) is 3. The first-order valence-electron chi connectivity index (χ1n) is 9.49. The van der Waals surface area contributed by atoms with Crippen LogP contribution in [-0.2, 0) is 6.42 Å². The second-order valence-corrected chi connectivity index (χ2v) is 6.62. The molecule has 3 rings (SSSR count). The lowest BCUT2D eigenvalue weighted by Crippen LogP contribution is -2.44. The van der Waals surface area contributed by atoms with E-state index in [1.807, 2.05) is 29.1 Å². The van der Waals surface area contributed by atoms with E-state index < -0.39 is 0 Å². The van der Waals surface area contributed by atoms with Gasteiger partial charge >= 0.3 is 0 Å². The zero-order valence-electron chi connectivity index (χ0n) is 15.5. The van der Waals surface area contributed by atoms with Crippen LogP contribution in [0.25, 0.3) is 5.69 Å². The predicted octanol–water partition coefficient (Wildman–Crippen LogP) is 3.92. The summed E-state index contributed by atoms with van der Waals surface area (Å²) in [6.07, 6.45) is 11.5. The summed E-state index contributed by atoms with van der Waals surface area (Å²) >= 11 is 0. The quantitative estimate of drug-likeness (QED) is 0.385. The van der Waals surface area contributed by atoms with E-state index >= 15 is 0 Å². The Morgan fingerprint density at radius 2 is 1.96 bits per heavy atom. The smallest absolute Gasteiger partial charge is 0.191 e. The molecule has 0 atom stereocenters. The van der Waals surface area contributed by atoms with Crippen molar-refractivity contribution in [3.63, 3.8) is 0 Å². The summed E-state index contributed by atoms with van der Waals surface area (Å²) in [6, 6.07) is 10.8. The number of aliphatic imine (C=N–C) groups is 1. The van der Waals surface area contributed by atoms with Gasteiger partial charge in [0.05, 0.1) is 11.9 Å². The van der Waals surface area contributed by atoms with Crippen molar-refractivity contribution in [1.82, 2.24) is 20.4 Å². The third kappa shape index (κ3) is 6.30. The molecule has 6 heteroatoms. The molecule has 142 valence electrons. The van der Waals surface area contributed by atoms with E-state index in [0.717, 1.165) is 31.2 Å². The molecule has 1 saturated carbocycles. The molecular formula is C20H30IN5. The van der Waals surface area contributed by atoms with E-state index in [1.165, 1.54) is 37.7 Å². The van der Waals surface area contributed by atoms with Gasteiger partial charge in [0.15, 0.2) is 5.96 Å². The Morgan fingerprint density at radius 3 is 2.69 bits per heavy atom. The topological polar surface area (TPSA) is 54.2 Å². The van der Waals surface area contributed by atoms with Gasteiger partial charge in [-0.1, -0.05) is 37.5 Å². The first-order chi connectivity index (χ1) is 12.3. The molecule has 0 unspecified atom stereocenters. The predicted molar refractivity (Wildman–Crippen MR) is 119 cm³/mol. The maximum Gasteiger partial charge on any atom is 0.191 e. The van der Waals surface area contributed by atoms with Crippen molar-refractivity contribution in [2.24, 2.45) is 4.99 Å². The highest BCUT2D eigenvalue weighted by atomic mass is 127. The van der Waals surface area contributed by atoms with E-state index in [4.69, 9.17) is 4.99 Å². The molecule has 2 aromatic rings. The van der Waals surface area contributed by atoms with Gasteiger partial charge in [0.25, 0.3) is 0 Å². The van der Waals surface area contributed by atoms with Crippen LogP contribution in [0.15, 0.2) is 47.7 Å². The number of para-hydroxylation sites is 1. The van der Waals surface area contributed by atoms with Gasteiger partial charge in [0.1, 0.15) is 0 Å². The number of benzene rings is 1. The van der Waals surface area contributed by atoms with Crippen molar-refractivity contribution >= 4 is 29.9 Å². The van der Waals surface area contributed by atoms with Crippen LogP contribution in [0.1, 0.15) is 44.6 Å². The molecule has 0 aliphatic heterocycles. The SMILES string of the molecule is CCNC(=NCCc1cnn(-c2ccccc2)c1)NC1CCCCC1.I. The molecule has 1 heterocycles. The van der Waals surface area contributed by atoms with Crippen molar-refractivity contribution < 1.29 is 0 Å². The van der Waals surface area contributed by atoms with Gasteiger partial charge in [0, 0.05) is 25.3 Å². The standard InChI is InChI=1S/C20H29N5.HI/c1-2-21-20(24-18-9-5-3-6-10-18)22-14-13-17-15-23-25(16-17)19-11-7-4-8-12-19;/h4,7-8,11-12,15-16,18H,2-3,5-6,9-10,13-14H2,1H3,(H2,21,22,24);1H. The highest BCUT2D eigenvalue weighted by Gasteiger charge is 2.14. The number of aromatic nitrogens is 2. The number of hydrogen-bond acceptors (Lipinski definition) is 2. The van der Waals surface area contributed by atoms with E-state index in [-0.39, 0.29) is 24.0 Å². The summed E-state index contributed by atoms with van der Waals surface area (Å²) in [5.41, 5.74) is 2.30. The molecule has 1 aromatic heterocycles. The van der Waals surface area contributed by atoms with E-state index in [9.17, 15) is 0 Å². The number of hydrogen-bond donors (Lipinski definition) is 2. The van der Waals surface area contributed by atoms with Gasteiger partial charge in [0.2, 0.25) is 0 Å². The fourth-order valence-electron chi connectivity index (χ4n) is 3.27. The Hall–Kier alpha value is -1.57. The number of nitrogens with one attached hydrogen (secondary N) is 2. The van der Waals surface area contributed by atoms with Gasteiger partial charge in [-0.05, 0) is 43.9 Å². The molecule has 1 fully saturated rings. The van der Waals surface area contributed by atoms with E-state index in [0.29, 0.717) is 6.04 Å². The summed E-state index contributed by atoms with van der Waals surface area (Å²) < 4.78 is 1.92. The molecule has 0 saturated heterocycles. The number of rotatable bonds is 6. The van der Waals surface area contributed by atoms with Crippen molar-refractivity contribution in [2.75, 3.05) is 13.1 Å². The largest absolute Gasteiger partial charge is 0.357 e. The van der Waals surface area contributed by atoms with Gasteiger partial charge in [-0.2, -0.15) is 5.10 Å². The first kappa shape index (κ1) is 20.7. The number of halogens is 1. The summed E-state index contributed by atoms with van der Waals surface area (Å²) in [5, 5.41) is 11.4. The number of guanidine groups is 1. The van der Waals surface area contributed by atoms with Gasteiger partial charge in [-0.3, -0.25) is 4.99 Å². The van der Waals surface area contributed by atoms with Crippen LogP contribution in [0.4, 0.5) is 0 Å². The molecular weight excluding hydrogens is 437 g/mol. The maximum absolute atomic E-state index is 4.74. The average molecular weight is 467 g/mol. The molecule has 5 nitrogen and oxygen atoms in total. The fraction of sp³-hybridized carbons (Fsp3) is 0.500. The fourth-order valence-corrected chi connectivity index (χ4v) is 3.27. The zero-order chi connectivity index (χ0) is 17.3. The lowest BCUT2D eigenvalue weighted by atomic mass is 9.96. The van der Waals surface area contributed by atoms with Crippen LogP contribution in [0.3, 0.4) is 0 Å². The molecule has 1 aromatic carbocycles. The lowest BCUT2D eigenvalue weighted by molar-refractivity contribution is 0.410. The normalized spacial score (nSPS) is 15.3. The highest BCUT2D eigenvalue weighted by molar-refractivity contribution is 14.0. The summed E-state index contributed by atoms with van der Waals surface area (Å²) in [4.78, 5) is 4.74. The van der Waals surface area contributed by atoms with Crippen molar-refractivity contribution in [1.29, 1.82) is 0 Å². The van der Waals surface area contributed by atoms with E-state index in [2.05, 4.69) is 41.0 Å². The first-order valence-corrected chi connectivity index (χ1v) is 9.49. The third-order valence-electron chi connectivity index (χ3n) is 4.62.